The third kappa shape index (κ3) is 4.41. The summed E-state index contributed by atoms with van der Waals surface area (Å²) in [5.41, 5.74) is 1.86. The quantitative estimate of drug-likeness (QED) is 0.807. The van der Waals surface area contributed by atoms with E-state index in [9.17, 15) is 18.0 Å². The van der Waals surface area contributed by atoms with Gasteiger partial charge in [0.25, 0.3) is 0 Å². The molecule has 0 aliphatic rings. The standard InChI is InChI=1S/C17H16ClF3N2O/c1-10-4-3-5-14(11(10)2)23-16(24)9-22-15-8-12(17(19,20)21)6-7-13(15)18/h3-8,22H,9H2,1-2H3,(H,23,24). The van der Waals surface area contributed by atoms with Crippen LogP contribution in [0.15, 0.2) is 36.4 Å². The van der Waals surface area contributed by atoms with Gasteiger partial charge in [0.1, 0.15) is 0 Å². The van der Waals surface area contributed by atoms with Crippen LogP contribution >= 0.6 is 11.6 Å². The predicted octanol–water partition coefficient (Wildman–Crippen LogP) is 5.03. The topological polar surface area (TPSA) is 41.1 Å². The molecule has 0 aliphatic carbocycles. The number of rotatable bonds is 4. The molecule has 24 heavy (non-hydrogen) atoms. The van der Waals surface area contributed by atoms with E-state index in [1.54, 1.807) is 6.07 Å². The van der Waals surface area contributed by atoms with Crippen molar-refractivity contribution in [3.63, 3.8) is 0 Å². The fourth-order valence-corrected chi connectivity index (χ4v) is 2.28. The summed E-state index contributed by atoms with van der Waals surface area (Å²) in [6.45, 7) is 3.60. The van der Waals surface area contributed by atoms with Crippen molar-refractivity contribution in [2.75, 3.05) is 17.2 Å². The average Bonchev–Trinajstić information content (AvgIpc) is 2.50. The first-order valence-electron chi connectivity index (χ1n) is 7.15. The van der Waals surface area contributed by atoms with Gasteiger partial charge in [-0.05, 0) is 49.2 Å². The molecule has 0 saturated heterocycles. The molecule has 0 spiro atoms. The summed E-state index contributed by atoms with van der Waals surface area (Å²) in [5, 5.41) is 5.47. The summed E-state index contributed by atoms with van der Waals surface area (Å²) >= 11 is 5.87. The maximum Gasteiger partial charge on any atom is 0.416 e. The molecule has 1 amide bonds. The van der Waals surface area contributed by atoms with Crippen LogP contribution in [-0.2, 0) is 11.0 Å². The zero-order chi connectivity index (χ0) is 17.9. The predicted molar refractivity (Wildman–Crippen MR) is 89.5 cm³/mol. The Balaban J connectivity index is 2.05. The van der Waals surface area contributed by atoms with E-state index in [-0.39, 0.29) is 23.2 Å². The number of carbonyl (C=O) groups is 1. The van der Waals surface area contributed by atoms with Gasteiger partial charge >= 0.3 is 6.18 Å². The molecule has 2 aromatic carbocycles. The number of hydrogen-bond donors (Lipinski definition) is 2. The van der Waals surface area contributed by atoms with Crippen molar-refractivity contribution >= 4 is 28.9 Å². The van der Waals surface area contributed by atoms with Crippen molar-refractivity contribution in [2.24, 2.45) is 0 Å². The minimum atomic E-state index is -4.47. The molecule has 0 aliphatic heterocycles. The third-order valence-corrected chi connectivity index (χ3v) is 3.94. The highest BCUT2D eigenvalue weighted by molar-refractivity contribution is 6.33. The molecule has 0 fully saturated rings. The highest BCUT2D eigenvalue weighted by Crippen LogP contribution is 2.33. The van der Waals surface area contributed by atoms with E-state index in [1.165, 1.54) is 0 Å². The van der Waals surface area contributed by atoms with Crippen molar-refractivity contribution < 1.29 is 18.0 Å². The minimum Gasteiger partial charge on any atom is -0.375 e. The first-order chi connectivity index (χ1) is 11.2. The van der Waals surface area contributed by atoms with E-state index in [0.29, 0.717) is 5.69 Å². The second-order valence-electron chi connectivity index (χ2n) is 5.34. The lowest BCUT2D eigenvalue weighted by molar-refractivity contribution is -0.137. The Morgan fingerprint density at radius 3 is 2.50 bits per heavy atom. The molecule has 128 valence electrons. The summed E-state index contributed by atoms with van der Waals surface area (Å²) in [4.78, 5) is 12.0. The molecular weight excluding hydrogens is 341 g/mol. The van der Waals surface area contributed by atoms with Crippen LogP contribution in [0.5, 0.6) is 0 Å². The largest absolute Gasteiger partial charge is 0.416 e. The number of anilines is 2. The van der Waals surface area contributed by atoms with E-state index in [1.807, 2.05) is 26.0 Å². The molecule has 0 aromatic heterocycles. The lowest BCUT2D eigenvalue weighted by atomic mass is 10.1. The van der Waals surface area contributed by atoms with Crippen molar-refractivity contribution in [3.05, 3.63) is 58.1 Å². The van der Waals surface area contributed by atoms with E-state index in [2.05, 4.69) is 10.6 Å². The number of aryl methyl sites for hydroxylation is 1. The summed E-state index contributed by atoms with van der Waals surface area (Å²) in [5.74, 6) is -0.378. The Labute approximate surface area is 142 Å². The van der Waals surface area contributed by atoms with E-state index in [0.717, 1.165) is 29.3 Å². The van der Waals surface area contributed by atoms with Crippen LogP contribution in [0.3, 0.4) is 0 Å². The Morgan fingerprint density at radius 2 is 1.83 bits per heavy atom. The highest BCUT2D eigenvalue weighted by atomic mass is 35.5. The molecule has 0 heterocycles. The van der Waals surface area contributed by atoms with Gasteiger partial charge in [0.2, 0.25) is 5.91 Å². The van der Waals surface area contributed by atoms with Crippen LogP contribution in [0.25, 0.3) is 0 Å². The number of carbonyl (C=O) groups excluding carboxylic acids is 1. The van der Waals surface area contributed by atoms with Crippen LogP contribution in [0.1, 0.15) is 16.7 Å². The number of benzene rings is 2. The first kappa shape index (κ1) is 18.1. The zero-order valence-corrected chi connectivity index (χ0v) is 13.8. The SMILES string of the molecule is Cc1cccc(NC(=O)CNc2cc(C(F)(F)F)ccc2Cl)c1C. The second-order valence-corrected chi connectivity index (χ2v) is 5.75. The molecule has 0 unspecified atom stereocenters. The number of nitrogens with one attached hydrogen (secondary N) is 2. The molecule has 2 aromatic rings. The van der Waals surface area contributed by atoms with Crippen molar-refractivity contribution in [1.82, 2.24) is 0 Å². The first-order valence-corrected chi connectivity index (χ1v) is 7.53. The van der Waals surface area contributed by atoms with Gasteiger partial charge in [-0.3, -0.25) is 4.79 Å². The van der Waals surface area contributed by atoms with Crippen LogP contribution in [0.2, 0.25) is 5.02 Å². The molecule has 0 saturated carbocycles. The van der Waals surface area contributed by atoms with Crippen LogP contribution in [0, 0.1) is 13.8 Å². The molecule has 0 bridgehead atoms. The third-order valence-electron chi connectivity index (χ3n) is 3.61. The van der Waals surface area contributed by atoms with Gasteiger partial charge < -0.3 is 10.6 Å². The lowest BCUT2D eigenvalue weighted by Gasteiger charge is -2.13. The monoisotopic (exact) mass is 356 g/mol. The summed E-state index contributed by atoms with van der Waals surface area (Å²) in [7, 11) is 0. The normalized spacial score (nSPS) is 11.2. The Hall–Kier alpha value is -2.21. The van der Waals surface area contributed by atoms with Gasteiger partial charge in [0.15, 0.2) is 0 Å². The fourth-order valence-electron chi connectivity index (χ4n) is 2.09. The maximum atomic E-state index is 12.7. The lowest BCUT2D eigenvalue weighted by Crippen LogP contribution is -2.22. The Kier molecular flexibility index (Phi) is 5.39. The number of hydrogen-bond acceptors (Lipinski definition) is 2. The Morgan fingerprint density at radius 1 is 1.12 bits per heavy atom. The van der Waals surface area contributed by atoms with E-state index < -0.39 is 11.7 Å². The second kappa shape index (κ2) is 7.13. The van der Waals surface area contributed by atoms with Crippen molar-refractivity contribution in [3.8, 4) is 0 Å². The molecule has 0 atom stereocenters. The van der Waals surface area contributed by atoms with Crippen LogP contribution < -0.4 is 10.6 Å². The average molecular weight is 357 g/mol. The van der Waals surface area contributed by atoms with Crippen LogP contribution in [-0.4, -0.2) is 12.5 Å². The summed E-state index contributed by atoms with van der Waals surface area (Å²) in [6.07, 6.45) is -4.47. The molecule has 3 nitrogen and oxygen atoms in total. The fraction of sp³-hybridized carbons (Fsp3) is 0.235. The molecule has 2 N–H and O–H groups in total. The van der Waals surface area contributed by atoms with Gasteiger partial charge in [-0.15, -0.1) is 0 Å². The highest BCUT2D eigenvalue weighted by Gasteiger charge is 2.30. The van der Waals surface area contributed by atoms with Gasteiger partial charge in [-0.1, -0.05) is 23.7 Å². The summed E-state index contributed by atoms with van der Waals surface area (Å²) < 4.78 is 38.2. The molecular formula is C17H16ClF3N2O. The van der Waals surface area contributed by atoms with Gasteiger partial charge in [0, 0.05) is 5.69 Å². The van der Waals surface area contributed by atoms with E-state index in [4.69, 9.17) is 11.6 Å². The number of alkyl halides is 3. The van der Waals surface area contributed by atoms with Crippen molar-refractivity contribution in [1.29, 1.82) is 0 Å². The van der Waals surface area contributed by atoms with Crippen LogP contribution in [0.4, 0.5) is 24.5 Å². The van der Waals surface area contributed by atoms with Gasteiger partial charge in [-0.25, -0.2) is 0 Å². The Bertz CT molecular complexity index is 760. The maximum absolute atomic E-state index is 12.7. The molecule has 2 rings (SSSR count). The summed E-state index contributed by atoms with van der Waals surface area (Å²) in [6, 6.07) is 8.42. The van der Waals surface area contributed by atoms with Gasteiger partial charge in [0.05, 0.1) is 22.8 Å². The minimum absolute atomic E-state index is 0.0580. The van der Waals surface area contributed by atoms with E-state index >= 15 is 0 Å². The van der Waals surface area contributed by atoms with Crippen molar-refractivity contribution in [2.45, 2.75) is 20.0 Å². The number of halogens is 4. The zero-order valence-electron chi connectivity index (χ0n) is 13.1. The molecule has 7 heteroatoms. The smallest absolute Gasteiger partial charge is 0.375 e. The number of amides is 1. The van der Waals surface area contributed by atoms with Gasteiger partial charge in [-0.2, -0.15) is 13.2 Å². The molecule has 0 radical (unpaired) electrons.